The quantitative estimate of drug-likeness (QED) is 0.625. The van der Waals surface area contributed by atoms with Crippen LogP contribution in [0.1, 0.15) is 18.0 Å². The van der Waals surface area contributed by atoms with Crippen LogP contribution in [0, 0.1) is 17.5 Å². The summed E-state index contributed by atoms with van der Waals surface area (Å²) in [7, 11) is -3.29. The van der Waals surface area contributed by atoms with Crippen molar-refractivity contribution in [1.29, 1.82) is 0 Å². The van der Waals surface area contributed by atoms with Crippen molar-refractivity contribution in [3.05, 3.63) is 35.1 Å². The molecule has 1 aromatic carbocycles. The Morgan fingerprint density at radius 3 is 2.17 bits per heavy atom. The van der Waals surface area contributed by atoms with E-state index in [0.29, 0.717) is 12.1 Å². The van der Waals surface area contributed by atoms with Crippen LogP contribution in [0.4, 0.5) is 13.2 Å². The van der Waals surface area contributed by atoms with Crippen molar-refractivity contribution >= 4 is 9.84 Å². The van der Waals surface area contributed by atoms with Gasteiger partial charge < -0.3 is 0 Å². The van der Waals surface area contributed by atoms with E-state index in [1.54, 1.807) is 0 Å². The molecule has 3 N–H and O–H groups in total. The number of hydrogen-bond acceptors (Lipinski definition) is 4. The molecule has 0 saturated heterocycles. The van der Waals surface area contributed by atoms with Crippen molar-refractivity contribution in [2.75, 3.05) is 12.0 Å². The van der Waals surface area contributed by atoms with Crippen LogP contribution in [0.25, 0.3) is 0 Å². The Kier molecular flexibility index (Phi) is 4.71. The summed E-state index contributed by atoms with van der Waals surface area (Å²) in [6.45, 7) is 0. The molecule has 0 aliphatic carbocycles. The zero-order valence-electron chi connectivity index (χ0n) is 9.58. The van der Waals surface area contributed by atoms with Gasteiger partial charge in [-0.3, -0.25) is 11.3 Å². The van der Waals surface area contributed by atoms with Gasteiger partial charge in [0.05, 0.1) is 11.8 Å². The lowest BCUT2D eigenvalue weighted by Crippen LogP contribution is -2.31. The number of rotatable bonds is 5. The van der Waals surface area contributed by atoms with Gasteiger partial charge in [0.15, 0.2) is 0 Å². The number of sulfone groups is 1. The number of benzene rings is 1. The van der Waals surface area contributed by atoms with E-state index >= 15 is 0 Å². The summed E-state index contributed by atoms with van der Waals surface area (Å²) in [5, 5.41) is 0. The van der Waals surface area contributed by atoms with Gasteiger partial charge in [0.2, 0.25) is 0 Å². The number of halogens is 3. The number of hydrogen-bond donors (Lipinski definition) is 2. The smallest absolute Gasteiger partial charge is 0.147 e. The lowest BCUT2D eigenvalue weighted by atomic mass is 10.0. The molecule has 0 aliphatic rings. The van der Waals surface area contributed by atoms with Gasteiger partial charge in [-0.15, -0.1) is 0 Å². The second-order valence-electron chi connectivity index (χ2n) is 3.92. The van der Waals surface area contributed by atoms with Crippen LogP contribution in [-0.4, -0.2) is 20.4 Å². The third-order valence-electron chi connectivity index (χ3n) is 2.37. The highest BCUT2D eigenvalue weighted by Crippen LogP contribution is 2.24. The Bertz CT molecular complexity index is 511. The van der Waals surface area contributed by atoms with Crippen LogP contribution in [0.2, 0.25) is 0 Å². The lowest BCUT2D eigenvalue weighted by molar-refractivity contribution is 0.455. The van der Waals surface area contributed by atoms with Crippen molar-refractivity contribution in [3.8, 4) is 0 Å². The summed E-state index contributed by atoms with van der Waals surface area (Å²) < 4.78 is 61.6. The molecule has 1 atom stereocenters. The van der Waals surface area contributed by atoms with Gasteiger partial charge in [-0.1, -0.05) is 0 Å². The van der Waals surface area contributed by atoms with Gasteiger partial charge >= 0.3 is 0 Å². The Hall–Kier alpha value is -1.12. The summed E-state index contributed by atoms with van der Waals surface area (Å²) in [4.78, 5) is 0. The Morgan fingerprint density at radius 1 is 1.28 bits per heavy atom. The maximum atomic E-state index is 13.4. The van der Waals surface area contributed by atoms with Crippen LogP contribution in [-0.2, 0) is 9.84 Å². The topological polar surface area (TPSA) is 72.2 Å². The van der Waals surface area contributed by atoms with Crippen molar-refractivity contribution in [2.45, 2.75) is 12.5 Å². The second kappa shape index (κ2) is 5.68. The fraction of sp³-hybridized carbons (Fsp3) is 0.400. The van der Waals surface area contributed by atoms with Crippen LogP contribution in [0.3, 0.4) is 0 Å². The van der Waals surface area contributed by atoms with Gasteiger partial charge in [-0.2, -0.15) is 0 Å². The average molecular weight is 282 g/mol. The van der Waals surface area contributed by atoms with E-state index in [-0.39, 0.29) is 12.2 Å². The molecule has 18 heavy (non-hydrogen) atoms. The normalized spacial score (nSPS) is 13.6. The van der Waals surface area contributed by atoms with Crippen molar-refractivity contribution in [1.82, 2.24) is 5.43 Å². The Labute approximate surface area is 103 Å². The molecule has 4 nitrogen and oxygen atoms in total. The van der Waals surface area contributed by atoms with Gasteiger partial charge in [0.25, 0.3) is 0 Å². The minimum Gasteiger partial charge on any atom is -0.271 e. The molecule has 0 aromatic heterocycles. The average Bonchev–Trinajstić information content (AvgIpc) is 2.20. The Morgan fingerprint density at radius 2 is 1.78 bits per heavy atom. The van der Waals surface area contributed by atoms with Crippen LogP contribution in [0.5, 0.6) is 0 Å². The molecule has 0 saturated carbocycles. The van der Waals surface area contributed by atoms with Gasteiger partial charge in [0, 0.05) is 24.0 Å². The highest BCUT2D eigenvalue weighted by atomic mass is 32.2. The summed E-state index contributed by atoms with van der Waals surface area (Å²) >= 11 is 0. The third-order valence-corrected chi connectivity index (χ3v) is 3.35. The molecule has 0 bridgehead atoms. The van der Waals surface area contributed by atoms with E-state index in [9.17, 15) is 21.6 Å². The SMILES string of the molecule is CS(=O)(=O)CCC(NN)c1c(F)cc(F)cc1F. The van der Waals surface area contributed by atoms with Crippen LogP contribution in [0.15, 0.2) is 12.1 Å². The molecule has 1 aromatic rings. The lowest BCUT2D eigenvalue weighted by Gasteiger charge is -2.17. The molecule has 0 fully saturated rings. The van der Waals surface area contributed by atoms with Crippen molar-refractivity contribution < 1.29 is 21.6 Å². The first-order chi connectivity index (χ1) is 8.24. The molecular weight excluding hydrogens is 269 g/mol. The predicted molar refractivity (Wildman–Crippen MR) is 60.7 cm³/mol. The van der Waals surface area contributed by atoms with E-state index in [2.05, 4.69) is 5.43 Å². The van der Waals surface area contributed by atoms with E-state index in [1.807, 2.05) is 0 Å². The first-order valence-electron chi connectivity index (χ1n) is 5.03. The van der Waals surface area contributed by atoms with Gasteiger partial charge in [0.1, 0.15) is 27.3 Å². The highest BCUT2D eigenvalue weighted by molar-refractivity contribution is 7.90. The number of nitrogens with two attached hydrogens (primary N) is 1. The number of nitrogens with one attached hydrogen (secondary N) is 1. The summed E-state index contributed by atoms with van der Waals surface area (Å²) in [6.07, 6.45) is 0.882. The standard InChI is InChI=1S/C10H13F3N2O2S/c1-18(16,17)3-2-9(15-14)10-7(12)4-6(11)5-8(10)13/h4-5,9,15H,2-3,14H2,1H3. The summed E-state index contributed by atoms with van der Waals surface area (Å²) in [5.74, 6) is 1.58. The minimum absolute atomic E-state index is 0.116. The maximum absolute atomic E-state index is 13.4. The zero-order valence-corrected chi connectivity index (χ0v) is 10.4. The predicted octanol–water partition coefficient (Wildman–Crippen LogP) is 1.04. The zero-order chi connectivity index (χ0) is 13.9. The largest absolute Gasteiger partial charge is 0.271 e. The Balaban J connectivity index is 3.02. The molecule has 0 heterocycles. The van der Waals surface area contributed by atoms with Crippen molar-refractivity contribution in [2.24, 2.45) is 5.84 Å². The highest BCUT2D eigenvalue weighted by Gasteiger charge is 2.21. The summed E-state index contributed by atoms with van der Waals surface area (Å²) in [5.41, 5.74) is 1.66. The van der Waals surface area contributed by atoms with E-state index in [0.717, 1.165) is 6.26 Å². The molecule has 1 unspecified atom stereocenters. The molecular formula is C10H13F3N2O2S. The van der Waals surface area contributed by atoms with Gasteiger partial charge in [-0.05, 0) is 6.42 Å². The molecule has 0 amide bonds. The van der Waals surface area contributed by atoms with E-state index in [4.69, 9.17) is 5.84 Å². The van der Waals surface area contributed by atoms with Crippen LogP contribution >= 0.6 is 0 Å². The molecule has 1 rings (SSSR count). The van der Waals surface area contributed by atoms with Crippen LogP contribution < -0.4 is 11.3 Å². The third kappa shape index (κ3) is 3.97. The fourth-order valence-corrected chi connectivity index (χ4v) is 2.19. The minimum atomic E-state index is -3.29. The second-order valence-corrected chi connectivity index (χ2v) is 6.18. The van der Waals surface area contributed by atoms with E-state index < -0.39 is 38.9 Å². The molecule has 0 aliphatic heterocycles. The van der Waals surface area contributed by atoms with E-state index in [1.165, 1.54) is 0 Å². The first kappa shape index (κ1) is 14.9. The number of hydrazine groups is 1. The monoisotopic (exact) mass is 282 g/mol. The first-order valence-corrected chi connectivity index (χ1v) is 7.09. The van der Waals surface area contributed by atoms with Crippen molar-refractivity contribution in [3.63, 3.8) is 0 Å². The molecule has 0 spiro atoms. The molecule has 0 radical (unpaired) electrons. The molecule has 102 valence electrons. The van der Waals surface area contributed by atoms with Gasteiger partial charge in [-0.25, -0.2) is 21.6 Å². The fourth-order valence-electron chi connectivity index (χ4n) is 1.53. The maximum Gasteiger partial charge on any atom is 0.147 e. The molecule has 8 heteroatoms. The summed E-state index contributed by atoms with van der Waals surface area (Å²) in [6, 6.07) is -0.00724.